The topological polar surface area (TPSA) is 79.5 Å². The molecule has 0 saturated carbocycles. The van der Waals surface area contributed by atoms with Crippen LogP contribution in [0.15, 0.2) is 54.6 Å². The van der Waals surface area contributed by atoms with Crippen molar-refractivity contribution in [1.82, 2.24) is 5.32 Å². The molecule has 1 saturated heterocycles. The average molecular weight is 353 g/mol. The molecule has 2 aromatic carbocycles. The van der Waals surface area contributed by atoms with E-state index in [2.05, 4.69) is 16.0 Å². The molecule has 26 heavy (non-hydrogen) atoms. The Bertz CT molecular complexity index is 741. The first kappa shape index (κ1) is 17.9. The van der Waals surface area contributed by atoms with Crippen LogP contribution in [-0.4, -0.2) is 24.6 Å². The first-order valence-corrected chi connectivity index (χ1v) is 8.77. The number of hydrogen-bond donors (Lipinski definition) is 3. The van der Waals surface area contributed by atoms with Gasteiger partial charge in [0.1, 0.15) is 6.10 Å². The maximum atomic E-state index is 12.1. The summed E-state index contributed by atoms with van der Waals surface area (Å²) in [5, 5.41) is 8.52. The Morgan fingerprint density at radius 1 is 1.00 bits per heavy atom. The Kier molecular flexibility index (Phi) is 5.86. The van der Waals surface area contributed by atoms with Crippen molar-refractivity contribution in [3.63, 3.8) is 0 Å². The van der Waals surface area contributed by atoms with Crippen molar-refractivity contribution in [1.29, 1.82) is 0 Å². The molecule has 1 aliphatic heterocycles. The Labute approximate surface area is 152 Å². The second kappa shape index (κ2) is 8.49. The number of hydrogen-bond acceptors (Lipinski definition) is 3. The molecule has 2 atom stereocenters. The third-order valence-electron chi connectivity index (χ3n) is 4.28. The quantitative estimate of drug-likeness (QED) is 0.767. The maximum Gasteiger partial charge on any atom is 0.323 e. The van der Waals surface area contributed by atoms with Crippen molar-refractivity contribution in [2.45, 2.75) is 31.9 Å². The zero-order valence-electron chi connectivity index (χ0n) is 14.7. The molecule has 136 valence electrons. The van der Waals surface area contributed by atoms with Gasteiger partial charge >= 0.3 is 6.03 Å². The molecule has 6 nitrogen and oxygen atoms in total. The van der Waals surface area contributed by atoms with Crippen molar-refractivity contribution >= 4 is 23.3 Å². The van der Waals surface area contributed by atoms with Crippen molar-refractivity contribution in [3.05, 3.63) is 60.2 Å². The van der Waals surface area contributed by atoms with Crippen LogP contribution in [0.25, 0.3) is 0 Å². The summed E-state index contributed by atoms with van der Waals surface area (Å²) in [6, 6.07) is 16.2. The Hall–Kier alpha value is -2.86. The molecule has 3 rings (SSSR count). The minimum Gasteiger partial charge on any atom is -0.368 e. The maximum absolute atomic E-state index is 12.1. The predicted molar refractivity (Wildman–Crippen MR) is 101 cm³/mol. The summed E-state index contributed by atoms with van der Waals surface area (Å²) in [6.07, 6.45) is 1.37. The zero-order valence-corrected chi connectivity index (χ0v) is 14.7. The molecule has 6 heteroatoms. The lowest BCUT2D eigenvalue weighted by Gasteiger charge is -2.17. The highest BCUT2D eigenvalue weighted by atomic mass is 16.5. The molecule has 0 spiro atoms. The molecule has 0 aliphatic carbocycles. The number of nitrogens with one attached hydrogen (secondary N) is 3. The third-order valence-corrected chi connectivity index (χ3v) is 4.28. The molecule has 3 amide bonds. The molecule has 0 radical (unpaired) electrons. The highest BCUT2D eigenvalue weighted by Gasteiger charge is 2.24. The molecule has 0 aromatic heterocycles. The zero-order chi connectivity index (χ0) is 18.4. The Morgan fingerprint density at radius 3 is 2.27 bits per heavy atom. The number of carbonyl (C=O) groups excluding carboxylic acids is 2. The van der Waals surface area contributed by atoms with Crippen LogP contribution in [0.4, 0.5) is 16.2 Å². The normalized spacial score (nSPS) is 17.3. The number of urea groups is 1. The van der Waals surface area contributed by atoms with Gasteiger partial charge in [0.05, 0.1) is 6.04 Å². The fourth-order valence-electron chi connectivity index (χ4n) is 2.84. The SMILES string of the molecule is C[C@H](NC(=O)[C@H]1CCCO1)c1ccc(NC(=O)Nc2ccccc2)cc1. The summed E-state index contributed by atoms with van der Waals surface area (Å²) >= 11 is 0. The van der Waals surface area contributed by atoms with Crippen LogP contribution in [0.3, 0.4) is 0 Å². The number of ether oxygens (including phenoxy) is 1. The molecule has 1 fully saturated rings. The fraction of sp³-hybridized carbons (Fsp3) is 0.300. The third kappa shape index (κ3) is 4.83. The largest absolute Gasteiger partial charge is 0.368 e. The molecule has 2 aromatic rings. The van der Waals surface area contributed by atoms with E-state index in [1.54, 1.807) is 0 Å². The summed E-state index contributed by atoms with van der Waals surface area (Å²) in [7, 11) is 0. The van der Waals surface area contributed by atoms with E-state index >= 15 is 0 Å². The van der Waals surface area contributed by atoms with E-state index in [0.717, 1.165) is 24.1 Å². The van der Waals surface area contributed by atoms with E-state index in [1.165, 1.54) is 0 Å². The Balaban J connectivity index is 1.52. The van der Waals surface area contributed by atoms with Crippen molar-refractivity contribution in [3.8, 4) is 0 Å². The van der Waals surface area contributed by atoms with Gasteiger partial charge in [-0.05, 0) is 49.6 Å². The van der Waals surface area contributed by atoms with Gasteiger partial charge in [-0.15, -0.1) is 0 Å². The lowest BCUT2D eigenvalue weighted by atomic mass is 10.1. The second-order valence-electron chi connectivity index (χ2n) is 6.30. The standard InChI is InChI=1S/C20H23N3O3/c1-14(21-19(24)18-8-5-13-26-18)15-9-11-17(12-10-15)23-20(25)22-16-6-3-2-4-7-16/h2-4,6-7,9-12,14,18H,5,8,13H2,1H3,(H,21,24)(H2,22,23,25)/t14-,18+/m0/s1. The van der Waals surface area contributed by atoms with Crippen molar-refractivity contribution in [2.24, 2.45) is 0 Å². The van der Waals surface area contributed by atoms with Crippen LogP contribution in [-0.2, 0) is 9.53 Å². The van der Waals surface area contributed by atoms with E-state index in [-0.39, 0.29) is 24.1 Å². The van der Waals surface area contributed by atoms with Gasteiger partial charge in [-0.25, -0.2) is 4.79 Å². The van der Waals surface area contributed by atoms with Crippen LogP contribution >= 0.6 is 0 Å². The van der Waals surface area contributed by atoms with E-state index in [9.17, 15) is 9.59 Å². The van der Waals surface area contributed by atoms with Crippen molar-refractivity contribution < 1.29 is 14.3 Å². The van der Waals surface area contributed by atoms with Gasteiger partial charge in [0.15, 0.2) is 0 Å². The van der Waals surface area contributed by atoms with Gasteiger partial charge in [-0.3, -0.25) is 4.79 Å². The lowest BCUT2D eigenvalue weighted by Crippen LogP contribution is -2.35. The smallest absolute Gasteiger partial charge is 0.323 e. The van der Waals surface area contributed by atoms with Gasteiger partial charge in [-0.2, -0.15) is 0 Å². The summed E-state index contributed by atoms with van der Waals surface area (Å²) in [6.45, 7) is 2.58. The van der Waals surface area contributed by atoms with Gasteiger partial charge < -0.3 is 20.7 Å². The van der Waals surface area contributed by atoms with Gasteiger partial charge in [-0.1, -0.05) is 30.3 Å². The number of amides is 3. The number of anilines is 2. The average Bonchev–Trinajstić information content (AvgIpc) is 3.18. The van der Waals surface area contributed by atoms with E-state index in [0.29, 0.717) is 12.3 Å². The van der Waals surface area contributed by atoms with Gasteiger partial charge in [0.25, 0.3) is 0 Å². The summed E-state index contributed by atoms with van der Waals surface area (Å²) in [5.41, 5.74) is 2.37. The molecule has 3 N–H and O–H groups in total. The van der Waals surface area contributed by atoms with Crippen LogP contribution in [0.1, 0.15) is 31.4 Å². The molecule has 1 aliphatic rings. The number of benzene rings is 2. The number of rotatable bonds is 5. The molecule has 0 unspecified atom stereocenters. The fourth-order valence-corrected chi connectivity index (χ4v) is 2.84. The van der Waals surface area contributed by atoms with Crippen LogP contribution < -0.4 is 16.0 Å². The van der Waals surface area contributed by atoms with Crippen LogP contribution in [0.2, 0.25) is 0 Å². The lowest BCUT2D eigenvalue weighted by molar-refractivity contribution is -0.130. The molecule has 0 bridgehead atoms. The first-order valence-electron chi connectivity index (χ1n) is 8.77. The van der Waals surface area contributed by atoms with Crippen LogP contribution in [0.5, 0.6) is 0 Å². The predicted octanol–water partition coefficient (Wildman–Crippen LogP) is 3.69. The van der Waals surface area contributed by atoms with E-state index in [4.69, 9.17) is 4.74 Å². The summed E-state index contributed by atoms with van der Waals surface area (Å²) in [4.78, 5) is 24.1. The monoisotopic (exact) mass is 353 g/mol. The first-order chi connectivity index (χ1) is 12.6. The van der Waals surface area contributed by atoms with Gasteiger partial charge in [0.2, 0.25) is 5.91 Å². The minimum absolute atomic E-state index is 0.0700. The highest BCUT2D eigenvalue weighted by Crippen LogP contribution is 2.18. The molecular formula is C20H23N3O3. The number of carbonyl (C=O) groups is 2. The van der Waals surface area contributed by atoms with E-state index in [1.807, 2.05) is 61.5 Å². The van der Waals surface area contributed by atoms with E-state index < -0.39 is 0 Å². The molecule has 1 heterocycles. The van der Waals surface area contributed by atoms with Crippen molar-refractivity contribution in [2.75, 3.05) is 17.2 Å². The highest BCUT2D eigenvalue weighted by molar-refractivity contribution is 5.99. The second-order valence-corrected chi connectivity index (χ2v) is 6.30. The summed E-state index contributed by atoms with van der Waals surface area (Å²) < 4.78 is 5.40. The molecular weight excluding hydrogens is 330 g/mol. The Morgan fingerprint density at radius 2 is 1.65 bits per heavy atom. The number of para-hydroxylation sites is 1. The van der Waals surface area contributed by atoms with Gasteiger partial charge in [0, 0.05) is 18.0 Å². The van der Waals surface area contributed by atoms with Crippen LogP contribution in [0, 0.1) is 0 Å². The summed E-state index contributed by atoms with van der Waals surface area (Å²) in [5.74, 6) is -0.0700. The minimum atomic E-state index is -0.333.